The first kappa shape index (κ1) is 16.7. The average Bonchev–Trinajstić information content (AvgIpc) is 2.49. The quantitative estimate of drug-likeness (QED) is 0.707. The van der Waals surface area contributed by atoms with Crippen molar-refractivity contribution in [3.05, 3.63) is 29.8 Å². The summed E-state index contributed by atoms with van der Waals surface area (Å²) in [5.74, 6) is 0.159. The Morgan fingerprint density at radius 3 is 2.50 bits per heavy atom. The van der Waals surface area contributed by atoms with Gasteiger partial charge in [-0.05, 0) is 37.5 Å². The van der Waals surface area contributed by atoms with E-state index in [9.17, 15) is 4.79 Å². The van der Waals surface area contributed by atoms with Crippen molar-refractivity contribution in [2.45, 2.75) is 39.7 Å². The first-order valence-electron chi connectivity index (χ1n) is 7.40. The van der Waals surface area contributed by atoms with Crippen molar-refractivity contribution >= 4 is 11.6 Å². The molecule has 112 valence electrons. The van der Waals surface area contributed by atoms with E-state index in [0.29, 0.717) is 26.2 Å². The van der Waals surface area contributed by atoms with Crippen LogP contribution in [0.3, 0.4) is 0 Å². The number of hydrogen-bond donors (Lipinski definition) is 1. The molecule has 0 saturated carbocycles. The summed E-state index contributed by atoms with van der Waals surface area (Å²) >= 11 is 0. The zero-order valence-corrected chi connectivity index (χ0v) is 12.6. The molecule has 1 aromatic rings. The Balaban J connectivity index is 2.63. The van der Waals surface area contributed by atoms with Crippen molar-refractivity contribution in [3.63, 3.8) is 0 Å². The van der Waals surface area contributed by atoms with Crippen molar-refractivity contribution in [1.29, 1.82) is 0 Å². The zero-order chi connectivity index (χ0) is 14.8. The number of ether oxygens (including phenoxy) is 1. The van der Waals surface area contributed by atoms with Crippen molar-refractivity contribution in [1.82, 2.24) is 0 Å². The van der Waals surface area contributed by atoms with Gasteiger partial charge in [0.15, 0.2) is 0 Å². The lowest BCUT2D eigenvalue weighted by atomic mass is 10.1. The second kappa shape index (κ2) is 9.50. The maximum Gasteiger partial charge on any atom is 0.227 e. The molecule has 4 nitrogen and oxygen atoms in total. The van der Waals surface area contributed by atoms with E-state index >= 15 is 0 Å². The third-order valence-electron chi connectivity index (χ3n) is 3.12. The molecule has 0 heterocycles. The van der Waals surface area contributed by atoms with Gasteiger partial charge < -0.3 is 15.4 Å². The standard InChI is InChI=1S/C16H26N2O2/c1-3-11-18(16(19)6-5-12-20-4-2)15-9-7-14(13-17)8-10-15/h7-10H,3-6,11-13,17H2,1-2H3. The van der Waals surface area contributed by atoms with Crippen molar-refractivity contribution in [2.75, 3.05) is 24.7 Å². The molecular formula is C16H26N2O2. The summed E-state index contributed by atoms with van der Waals surface area (Å²) in [6.45, 7) is 6.66. The molecule has 4 heteroatoms. The van der Waals surface area contributed by atoms with Gasteiger partial charge in [-0.2, -0.15) is 0 Å². The van der Waals surface area contributed by atoms with Gasteiger partial charge >= 0.3 is 0 Å². The molecule has 0 aromatic heterocycles. The van der Waals surface area contributed by atoms with Gasteiger partial charge in [0.2, 0.25) is 5.91 Å². The van der Waals surface area contributed by atoms with E-state index < -0.39 is 0 Å². The number of anilines is 1. The van der Waals surface area contributed by atoms with Crippen LogP contribution in [0.5, 0.6) is 0 Å². The maximum atomic E-state index is 12.3. The van der Waals surface area contributed by atoms with Crippen molar-refractivity contribution in [2.24, 2.45) is 5.73 Å². The van der Waals surface area contributed by atoms with E-state index in [1.165, 1.54) is 0 Å². The van der Waals surface area contributed by atoms with Crippen LogP contribution in [-0.2, 0) is 16.1 Å². The molecule has 0 aliphatic carbocycles. The molecule has 0 atom stereocenters. The Morgan fingerprint density at radius 2 is 1.95 bits per heavy atom. The Labute approximate surface area is 121 Å². The summed E-state index contributed by atoms with van der Waals surface area (Å²) in [4.78, 5) is 14.2. The minimum absolute atomic E-state index is 0.159. The summed E-state index contributed by atoms with van der Waals surface area (Å²) in [6.07, 6.45) is 2.24. The van der Waals surface area contributed by atoms with Gasteiger partial charge in [-0.1, -0.05) is 19.1 Å². The Bertz CT molecular complexity index is 390. The number of nitrogens with two attached hydrogens (primary N) is 1. The predicted octanol–water partition coefficient (Wildman–Crippen LogP) is 2.71. The van der Waals surface area contributed by atoms with Gasteiger partial charge in [-0.3, -0.25) is 4.79 Å². The summed E-state index contributed by atoms with van der Waals surface area (Å²) in [6, 6.07) is 7.90. The SMILES string of the molecule is CCCN(C(=O)CCCOCC)c1ccc(CN)cc1. The molecule has 0 unspecified atom stereocenters. The Kier molecular flexibility index (Phi) is 7.92. The van der Waals surface area contributed by atoms with Gasteiger partial charge in [0.1, 0.15) is 0 Å². The van der Waals surface area contributed by atoms with Crippen LogP contribution in [0.15, 0.2) is 24.3 Å². The third kappa shape index (κ3) is 5.31. The fourth-order valence-corrected chi connectivity index (χ4v) is 2.04. The number of benzene rings is 1. The Morgan fingerprint density at radius 1 is 1.25 bits per heavy atom. The molecule has 0 saturated heterocycles. The number of amides is 1. The lowest BCUT2D eigenvalue weighted by Gasteiger charge is -2.22. The van der Waals surface area contributed by atoms with Gasteiger partial charge in [0, 0.05) is 38.4 Å². The second-order valence-corrected chi connectivity index (χ2v) is 4.72. The van der Waals surface area contributed by atoms with Gasteiger partial charge in [0.25, 0.3) is 0 Å². The van der Waals surface area contributed by atoms with Crippen LogP contribution in [0.1, 0.15) is 38.7 Å². The topological polar surface area (TPSA) is 55.6 Å². The molecule has 0 aliphatic rings. The molecule has 0 aliphatic heterocycles. The van der Waals surface area contributed by atoms with E-state index in [1.54, 1.807) is 0 Å². The minimum atomic E-state index is 0.159. The second-order valence-electron chi connectivity index (χ2n) is 4.72. The van der Waals surface area contributed by atoms with E-state index in [-0.39, 0.29) is 5.91 Å². The van der Waals surface area contributed by atoms with E-state index in [2.05, 4.69) is 6.92 Å². The molecule has 0 fully saturated rings. The van der Waals surface area contributed by atoms with Crippen LogP contribution in [0, 0.1) is 0 Å². The molecule has 0 spiro atoms. The van der Waals surface area contributed by atoms with Crippen LogP contribution in [0.25, 0.3) is 0 Å². The summed E-state index contributed by atoms with van der Waals surface area (Å²) in [5.41, 5.74) is 7.62. The first-order valence-corrected chi connectivity index (χ1v) is 7.40. The highest BCUT2D eigenvalue weighted by Gasteiger charge is 2.14. The summed E-state index contributed by atoms with van der Waals surface area (Å²) in [5, 5.41) is 0. The number of carbonyl (C=O) groups is 1. The lowest BCUT2D eigenvalue weighted by molar-refractivity contribution is -0.119. The van der Waals surface area contributed by atoms with Crippen LogP contribution in [-0.4, -0.2) is 25.7 Å². The first-order chi connectivity index (χ1) is 9.72. The largest absolute Gasteiger partial charge is 0.382 e. The maximum absolute atomic E-state index is 12.3. The highest BCUT2D eigenvalue weighted by atomic mass is 16.5. The number of hydrogen-bond acceptors (Lipinski definition) is 3. The summed E-state index contributed by atoms with van der Waals surface area (Å²) < 4.78 is 5.27. The van der Waals surface area contributed by atoms with Crippen LogP contribution in [0.2, 0.25) is 0 Å². The number of carbonyl (C=O) groups excluding carboxylic acids is 1. The molecule has 2 N–H and O–H groups in total. The molecule has 20 heavy (non-hydrogen) atoms. The molecule has 1 aromatic carbocycles. The minimum Gasteiger partial charge on any atom is -0.382 e. The van der Waals surface area contributed by atoms with Crippen LogP contribution < -0.4 is 10.6 Å². The molecule has 0 radical (unpaired) electrons. The third-order valence-corrected chi connectivity index (χ3v) is 3.12. The van der Waals surface area contributed by atoms with E-state index in [1.807, 2.05) is 36.1 Å². The van der Waals surface area contributed by atoms with E-state index in [0.717, 1.165) is 30.6 Å². The average molecular weight is 278 g/mol. The van der Waals surface area contributed by atoms with Gasteiger partial charge in [0.05, 0.1) is 0 Å². The monoisotopic (exact) mass is 278 g/mol. The van der Waals surface area contributed by atoms with Crippen LogP contribution in [0.4, 0.5) is 5.69 Å². The number of rotatable bonds is 9. The Hall–Kier alpha value is -1.39. The molecule has 0 bridgehead atoms. The zero-order valence-electron chi connectivity index (χ0n) is 12.6. The summed E-state index contributed by atoms with van der Waals surface area (Å²) in [7, 11) is 0. The number of nitrogens with zero attached hydrogens (tertiary/aromatic N) is 1. The van der Waals surface area contributed by atoms with Gasteiger partial charge in [-0.25, -0.2) is 0 Å². The predicted molar refractivity (Wildman–Crippen MR) is 82.7 cm³/mol. The van der Waals surface area contributed by atoms with Crippen molar-refractivity contribution < 1.29 is 9.53 Å². The molecule has 1 amide bonds. The normalized spacial score (nSPS) is 10.6. The molecule has 1 rings (SSSR count). The van der Waals surface area contributed by atoms with Crippen molar-refractivity contribution in [3.8, 4) is 0 Å². The highest BCUT2D eigenvalue weighted by molar-refractivity contribution is 5.93. The smallest absolute Gasteiger partial charge is 0.227 e. The fraction of sp³-hybridized carbons (Fsp3) is 0.562. The van der Waals surface area contributed by atoms with E-state index in [4.69, 9.17) is 10.5 Å². The van der Waals surface area contributed by atoms with Crippen LogP contribution >= 0.6 is 0 Å². The lowest BCUT2D eigenvalue weighted by Crippen LogP contribution is -2.31. The van der Waals surface area contributed by atoms with Gasteiger partial charge in [-0.15, -0.1) is 0 Å². The molecular weight excluding hydrogens is 252 g/mol. The highest BCUT2D eigenvalue weighted by Crippen LogP contribution is 2.17. The fourth-order valence-electron chi connectivity index (χ4n) is 2.04.